The molecule has 0 unspecified atom stereocenters. The average Bonchev–Trinajstić information content (AvgIpc) is 2.32. The molecule has 0 N–H and O–H groups in total. The van der Waals surface area contributed by atoms with Crippen LogP contribution in [0.4, 0.5) is 0 Å². The summed E-state index contributed by atoms with van der Waals surface area (Å²) in [5, 5.41) is 0. The van der Waals surface area contributed by atoms with Gasteiger partial charge in [0.1, 0.15) is 0 Å². The van der Waals surface area contributed by atoms with Gasteiger partial charge in [0.15, 0.2) is 0 Å². The lowest BCUT2D eigenvalue weighted by molar-refractivity contribution is 1.13. The number of fused-ring (bicyclic) bond motifs is 1. The van der Waals surface area contributed by atoms with E-state index in [0.29, 0.717) is 0 Å². The highest BCUT2D eigenvalue weighted by atomic mass is 14.1. The van der Waals surface area contributed by atoms with E-state index in [1.54, 1.807) is 0 Å². The molecule has 0 atom stereocenters. The lowest BCUT2D eigenvalue weighted by Crippen LogP contribution is -1.80. The van der Waals surface area contributed by atoms with Crippen LogP contribution in [0, 0.1) is 6.92 Å². The Morgan fingerprint density at radius 2 is 1.85 bits per heavy atom. The quantitative estimate of drug-likeness (QED) is 0.612. The van der Waals surface area contributed by atoms with Gasteiger partial charge >= 0.3 is 0 Å². The molecule has 0 spiro atoms. The van der Waals surface area contributed by atoms with Crippen molar-refractivity contribution in [1.82, 2.24) is 0 Å². The second-order valence-electron chi connectivity index (χ2n) is 3.44. The molecule has 0 aromatic carbocycles. The molecule has 13 heavy (non-hydrogen) atoms. The van der Waals surface area contributed by atoms with E-state index in [0.717, 1.165) is 6.42 Å². The van der Waals surface area contributed by atoms with Gasteiger partial charge in [-0.2, -0.15) is 0 Å². The minimum Gasteiger partial charge on any atom is -0.0622 e. The molecular weight excluding hydrogens is 156 g/mol. The van der Waals surface area contributed by atoms with Crippen LogP contribution < -0.4 is 0 Å². The summed E-state index contributed by atoms with van der Waals surface area (Å²) in [6.45, 7) is 4.41. The molecule has 0 nitrogen and oxygen atoms in total. The Bertz CT molecular complexity index is 388. The van der Waals surface area contributed by atoms with E-state index in [4.69, 9.17) is 0 Å². The van der Waals surface area contributed by atoms with E-state index < -0.39 is 0 Å². The van der Waals surface area contributed by atoms with E-state index in [-0.39, 0.29) is 0 Å². The Labute approximate surface area is 79.6 Å². The molecule has 0 bridgehead atoms. The number of rotatable bonds is 1. The highest BCUT2D eigenvalue weighted by Gasteiger charge is 2.09. The largest absolute Gasteiger partial charge is 0.0622 e. The molecule has 0 aliphatic heterocycles. The topological polar surface area (TPSA) is 0 Å². The first-order valence-electron chi connectivity index (χ1n) is 4.80. The maximum Gasteiger partial charge on any atom is -0.0149 e. The van der Waals surface area contributed by atoms with Gasteiger partial charge < -0.3 is 0 Å². The van der Waals surface area contributed by atoms with Crippen LogP contribution in [-0.2, 0) is 6.42 Å². The SMILES string of the molecule is CCc1c(C)cc2cccccc1-2. The van der Waals surface area contributed by atoms with Crippen molar-refractivity contribution in [2.24, 2.45) is 0 Å². The normalized spacial score (nSPS) is 10.6. The van der Waals surface area contributed by atoms with E-state index >= 15 is 0 Å². The molecule has 0 heteroatoms. The minimum absolute atomic E-state index is 1.12. The van der Waals surface area contributed by atoms with Crippen molar-refractivity contribution >= 4 is 0 Å². The van der Waals surface area contributed by atoms with Crippen molar-refractivity contribution in [2.75, 3.05) is 0 Å². The zero-order valence-corrected chi connectivity index (χ0v) is 8.17. The predicted octanol–water partition coefficient (Wildman–Crippen LogP) is 3.66. The fourth-order valence-corrected chi connectivity index (χ4v) is 1.96. The Morgan fingerprint density at radius 3 is 2.62 bits per heavy atom. The fourth-order valence-electron chi connectivity index (χ4n) is 1.96. The van der Waals surface area contributed by atoms with Gasteiger partial charge in [0, 0.05) is 0 Å². The van der Waals surface area contributed by atoms with Crippen LogP contribution in [-0.4, -0.2) is 0 Å². The second-order valence-corrected chi connectivity index (χ2v) is 3.44. The molecule has 0 saturated carbocycles. The summed E-state index contributed by atoms with van der Waals surface area (Å²) in [6.07, 6.45) is 1.12. The van der Waals surface area contributed by atoms with E-state index in [2.05, 4.69) is 50.2 Å². The molecule has 0 aromatic heterocycles. The molecule has 66 valence electrons. The van der Waals surface area contributed by atoms with Gasteiger partial charge in [-0.05, 0) is 35.6 Å². The monoisotopic (exact) mass is 170 g/mol. The minimum atomic E-state index is 1.12. The van der Waals surface area contributed by atoms with Gasteiger partial charge in [-0.1, -0.05) is 43.3 Å². The molecule has 0 amide bonds. The first-order chi connectivity index (χ1) is 6.33. The molecule has 2 rings (SSSR count). The lowest BCUT2D eigenvalue weighted by Gasteiger charge is -1.97. The van der Waals surface area contributed by atoms with Gasteiger partial charge in [-0.25, -0.2) is 0 Å². The zero-order chi connectivity index (χ0) is 9.26. The summed E-state index contributed by atoms with van der Waals surface area (Å²) in [4.78, 5) is 0. The highest BCUT2D eigenvalue weighted by molar-refractivity contribution is 5.72. The first kappa shape index (κ1) is 8.31. The molecule has 0 heterocycles. The maximum atomic E-state index is 2.27. The third-order valence-corrected chi connectivity index (χ3v) is 2.60. The van der Waals surface area contributed by atoms with Crippen molar-refractivity contribution in [3.05, 3.63) is 47.5 Å². The summed E-state index contributed by atoms with van der Waals surface area (Å²) < 4.78 is 0. The van der Waals surface area contributed by atoms with Crippen LogP contribution in [0.15, 0.2) is 36.4 Å². The number of hydrogen-bond acceptors (Lipinski definition) is 0. The van der Waals surface area contributed by atoms with Crippen LogP contribution >= 0.6 is 0 Å². The molecule has 0 fully saturated rings. The van der Waals surface area contributed by atoms with Crippen LogP contribution in [0.1, 0.15) is 18.1 Å². The highest BCUT2D eigenvalue weighted by Crippen LogP contribution is 2.30. The van der Waals surface area contributed by atoms with Crippen molar-refractivity contribution in [3.8, 4) is 11.1 Å². The van der Waals surface area contributed by atoms with Crippen molar-refractivity contribution in [2.45, 2.75) is 20.3 Å². The summed E-state index contributed by atoms with van der Waals surface area (Å²) in [5.41, 5.74) is 5.68. The Hall–Kier alpha value is -1.30. The second kappa shape index (κ2) is 3.21. The molecular formula is C13H14. The molecule has 2 aliphatic rings. The van der Waals surface area contributed by atoms with Crippen LogP contribution in [0.3, 0.4) is 0 Å². The van der Waals surface area contributed by atoms with Gasteiger partial charge in [-0.15, -0.1) is 0 Å². The third kappa shape index (κ3) is 1.33. The number of aryl methyl sites for hydroxylation is 1. The standard InChI is InChI=1S/C13H14/c1-3-12-10(2)9-11-7-5-4-6-8-13(11)12/h4-9H,3H2,1-2H3. The average molecular weight is 170 g/mol. The first-order valence-corrected chi connectivity index (χ1v) is 4.80. The summed E-state index contributed by atoms with van der Waals surface area (Å²) in [7, 11) is 0. The smallest absolute Gasteiger partial charge is 0.0149 e. The van der Waals surface area contributed by atoms with Gasteiger partial charge in [0.2, 0.25) is 0 Å². The summed E-state index contributed by atoms with van der Waals surface area (Å²) >= 11 is 0. The molecule has 0 radical (unpaired) electrons. The molecule has 0 aromatic rings. The fraction of sp³-hybridized carbons (Fsp3) is 0.231. The Morgan fingerprint density at radius 1 is 1.08 bits per heavy atom. The third-order valence-electron chi connectivity index (χ3n) is 2.60. The van der Waals surface area contributed by atoms with Gasteiger partial charge in [0.05, 0.1) is 0 Å². The van der Waals surface area contributed by atoms with E-state index in [1.165, 1.54) is 22.3 Å². The van der Waals surface area contributed by atoms with Crippen LogP contribution in [0.5, 0.6) is 0 Å². The van der Waals surface area contributed by atoms with Crippen molar-refractivity contribution in [3.63, 3.8) is 0 Å². The van der Waals surface area contributed by atoms with Crippen molar-refractivity contribution in [1.29, 1.82) is 0 Å². The Kier molecular flexibility index (Phi) is 2.05. The van der Waals surface area contributed by atoms with E-state index in [9.17, 15) is 0 Å². The van der Waals surface area contributed by atoms with Crippen LogP contribution in [0.2, 0.25) is 0 Å². The van der Waals surface area contributed by atoms with Gasteiger partial charge in [0.25, 0.3) is 0 Å². The van der Waals surface area contributed by atoms with Crippen molar-refractivity contribution < 1.29 is 0 Å². The maximum absolute atomic E-state index is 2.27. The number of hydrogen-bond donors (Lipinski definition) is 0. The Balaban J connectivity index is 2.72. The summed E-state index contributed by atoms with van der Waals surface area (Å²) in [5.74, 6) is 0. The molecule has 2 aliphatic carbocycles. The van der Waals surface area contributed by atoms with E-state index in [1.807, 2.05) is 0 Å². The lowest BCUT2D eigenvalue weighted by atomic mass is 10.1. The van der Waals surface area contributed by atoms with Crippen LogP contribution in [0.25, 0.3) is 11.1 Å². The molecule has 0 saturated heterocycles. The van der Waals surface area contributed by atoms with Gasteiger partial charge in [-0.3, -0.25) is 0 Å². The predicted molar refractivity (Wildman–Crippen MR) is 57.2 cm³/mol. The zero-order valence-electron chi connectivity index (χ0n) is 8.17. The summed E-state index contributed by atoms with van der Waals surface area (Å²) in [6, 6.07) is 13.0.